The molecular weight excluding hydrogens is 200 g/mol. The van der Waals surface area contributed by atoms with Crippen LogP contribution in [0.1, 0.15) is 25.3 Å². The molecule has 0 bridgehead atoms. The summed E-state index contributed by atoms with van der Waals surface area (Å²) in [5, 5.41) is 8.64. The maximum atomic E-state index is 13.2. The van der Waals surface area contributed by atoms with E-state index in [9.17, 15) is 8.78 Å². The van der Waals surface area contributed by atoms with Crippen LogP contribution >= 0.6 is 0 Å². The molecule has 1 aromatic carbocycles. The zero-order valence-corrected chi connectivity index (χ0v) is 8.39. The van der Waals surface area contributed by atoms with Crippen molar-refractivity contribution in [3.05, 3.63) is 29.3 Å². The van der Waals surface area contributed by atoms with Gasteiger partial charge < -0.3 is 4.74 Å². The molecule has 0 unspecified atom stereocenters. The van der Waals surface area contributed by atoms with E-state index in [1.807, 2.05) is 6.92 Å². The molecule has 2 nitrogen and oxygen atoms in total. The molecule has 0 heterocycles. The molecule has 0 aliphatic rings. The molecular formula is C11H11F2NO. The van der Waals surface area contributed by atoms with Crippen molar-refractivity contribution >= 4 is 0 Å². The van der Waals surface area contributed by atoms with Gasteiger partial charge >= 0.3 is 0 Å². The fourth-order valence-electron chi connectivity index (χ4n) is 1.10. The third-order valence-electron chi connectivity index (χ3n) is 1.91. The van der Waals surface area contributed by atoms with Gasteiger partial charge in [-0.1, -0.05) is 13.3 Å². The van der Waals surface area contributed by atoms with Gasteiger partial charge in [0.1, 0.15) is 17.4 Å². The zero-order chi connectivity index (χ0) is 11.3. The van der Waals surface area contributed by atoms with E-state index in [2.05, 4.69) is 0 Å². The number of hydrogen-bond acceptors (Lipinski definition) is 2. The van der Waals surface area contributed by atoms with Crippen LogP contribution in [0.2, 0.25) is 0 Å². The molecule has 0 aliphatic carbocycles. The average Bonchev–Trinajstić information content (AvgIpc) is 2.23. The monoisotopic (exact) mass is 211 g/mol. The first-order chi connectivity index (χ1) is 7.20. The van der Waals surface area contributed by atoms with Crippen LogP contribution in [0, 0.1) is 23.0 Å². The van der Waals surface area contributed by atoms with Gasteiger partial charge in [0.05, 0.1) is 6.61 Å². The van der Waals surface area contributed by atoms with Crippen molar-refractivity contribution in [2.24, 2.45) is 0 Å². The molecule has 1 rings (SSSR count). The number of nitrogens with zero attached hydrogens (tertiary/aromatic N) is 1. The summed E-state index contributed by atoms with van der Waals surface area (Å²) < 4.78 is 31.3. The number of halogens is 2. The van der Waals surface area contributed by atoms with Crippen LogP contribution in [0.4, 0.5) is 8.78 Å². The van der Waals surface area contributed by atoms with E-state index in [0.717, 1.165) is 25.0 Å². The van der Waals surface area contributed by atoms with Crippen LogP contribution in [0.15, 0.2) is 12.1 Å². The summed E-state index contributed by atoms with van der Waals surface area (Å²) in [5.41, 5.74) is -0.369. The maximum absolute atomic E-state index is 13.2. The van der Waals surface area contributed by atoms with Gasteiger partial charge in [-0.15, -0.1) is 0 Å². The Bertz CT molecular complexity index is 385. The molecule has 15 heavy (non-hydrogen) atoms. The average molecular weight is 211 g/mol. The van der Waals surface area contributed by atoms with E-state index in [0.29, 0.717) is 0 Å². The second kappa shape index (κ2) is 5.30. The highest BCUT2D eigenvalue weighted by Gasteiger charge is 2.14. The van der Waals surface area contributed by atoms with Crippen LogP contribution < -0.4 is 4.74 Å². The summed E-state index contributed by atoms with van der Waals surface area (Å²) in [4.78, 5) is 0. The van der Waals surface area contributed by atoms with Gasteiger partial charge in [0.2, 0.25) is 0 Å². The Balaban J connectivity index is 2.94. The predicted octanol–water partition coefficient (Wildman–Crippen LogP) is 3.02. The first-order valence-electron chi connectivity index (χ1n) is 4.71. The summed E-state index contributed by atoms with van der Waals surface area (Å²) in [5.74, 6) is -1.75. The predicted molar refractivity (Wildman–Crippen MR) is 51.5 cm³/mol. The minimum atomic E-state index is -0.759. The van der Waals surface area contributed by atoms with E-state index in [1.54, 1.807) is 6.07 Å². The summed E-state index contributed by atoms with van der Waals surface area (Å²) >= 11 is 0. The quantitative estimate of drug-likeness (QED) is 0.717. The molecule has 0 atom stereocenters. The van der Waals surface area contributed by atoms with Crippen molar-refractivity contribution in [3.8, 4) is 11.8 Å². The second-order valence-corrected chi connectivity index (χ2v) is 3.05. The van der Waals surface area contributed by atoms with Crippen LogP contribution in [0.5, 0.6) is 5.75 Å². The molecule has 0 amide bonds. The normalized spacial score (nSPS) is 9.73. The third kappa shape index (κ3) is 2.66. The number of benzene rings is 1. The topological polar surface area (TPSA) is 33.0 Å². The molecule has 0 aromatic heterocycles. The molecule has 0 fully saturated rings. The first-order valence-corrected chi connectivity index (χ1v) is 4.71. The van der Waals surface area contributed by atoms with Crippen molar-refractivity contribution in [1.29, 1.82) is 5.26 Å². The van der Waals surface area contributed by atoms with E-state index >= 15 is 0 Å². The van der Waals surface area contributed by atoms with Gasteiger partial charge in [-0.05, 0) is 18.6 Å². The summed E-state index contributed by atoms with van der Waals surface area (Å²) in [6.07, 6.45) is 1.62. The Labute approximate surface area is 87.1 Å². The van der Waals surface area contributed by atoms with Crippen LogP contribution in [-0.4, -0.2) is 6.61 Å². The van der Waals surface area contributed by atoms with Crippen molar-refractivity contribution < 1.29 is 13.5 Å². The van der Waals surface area contributed by atoms with E-state index in [4.69, 9.17) is 10.00 Å². The summed E-state index contributed by atoms with van der Waals surface area (Å²) in [6, 6.07) is 3.46. The number of rotatable bonds is 4. The van der Waals surface area contributed by atoms with Crippen LogP contribution in [0.3, 0.4) is 0 Å². The number of unbranched alkanes of at least 4 members (excludes halogenated alkanes) is 1. The van der Waals surface area contributed by atoms with Crippen molar-refractivity contribution in [1.82, 2.24) is 0 Å². The molecule has 1 aromatic rings. The van der Waals surface area contributed by atoms with E-state index < -0.39 is 11.6 Å². The summed E-state index contributed by atoms with van der Waals surface area (Å²) in [6.45, 7) is 2.24. The lowest BCUT2D eigenvalue weighted by Crippen LogP contribution is -2.02. The third-order valence-corrected chi connectivity index (χ3v) is 1.91. The number of hydrogen-bond donors (Lipinski definition) is 0. The van der Waals surface area contributed by atoms with Gasteiger partial charge in [-0.2, -0.15) is 5.26 Å². The Kier molecular flexibility index (Phi) is 4.04. The number of nitriles is 1. The van der Waals surface area contributed by atoms with Crippen LogP contribution in [0.25, 0.3) is 0 Å². The smallest absolute Gasteiger partial charge is 0.175 e. The van der Waals surface area contributed by atoms with Gasteiger partial charge in [-0.3, -0.25) is 0 Å². The minimum absolute atomic E-state index is 0.283. The molecule has 4 heteroatoms. The minimum Gasteiger partial charge on any atom is -0.489 e. The van der Waals surface area contributed by atoms with Gasteiger partial charge in [0.25, 0.3) is 0 Å². The van der Waals surface area contributed by atoms with Gasteiger partial charge in [0, 0.05) is 0 Å². The molecule has 0 spiro atoms. The fraction of sp³-hybridized carbons (Fsp3) is 0.364. The highest BCUT2D eigenvalue weighted by Crippen LogP contribution is 2.24. The Morgan fingerprint density at radius 2 is 2.00 bits per heavy atom. The highest BCUT2D eigenvalue weighted by molar-refractivity contribution is 5.44. The van der Waals surface area contributed by atoms with Crippen molar-refractivity contribution in [2.75, 3.05) is 6.61 Å². The zero-order valence-electron chi connectivity index (χ0n) is 8.39. The lowest BCUT2D eigenvalue weighted by Gasteiger charge is -2.08. The molecule has 0 radical (unpaired) electrons. The van der Waals surface area contributed by atoms with E-state index in [1.165, 1.54) is 0 Å². The number of ether oxygens (including phenoxy) is 1. The van der Waals surface area contributed by atoms with Crippen molar-refractivity contribution in [3.63, 3.8) is 0 Å². The van der Waals surface area contributed by atoms with Crippen LogP contribution in [-0.2, 0) is 0 Å². The molecule has 80 valence electrons. The van der Waals surface area contributed by atoms with Gasteiger partial charge in [0.15, 0.2) is 11.6 Å². The SMILES string of the molecule is CCCCOc1c(F)ccc(F)c1C#N. The lowest BCUT2D eigenvalue weighted by molar-refractivity contribution is 0.291. The van der Waals surface area contributed by atoms with E-state index in [-0.39, 0.29) is 17.9 Å². The fourth-order valence-corrected chi connectivity index (χ4v) is 1.10. The lowest BCUT2D eigenvalue weighted by atomic mass is 10.2. The Morgan fingerprint density at radius 1 is 1.33 bits per heavy atom. The molecule has 0 saturated heterocycles. The second-order valence-electron chi connectivity index (χ2n) is 3.05. The molecule has 0 N–H and O–H groups in total. The Morgan fingerprint density at radius 3 is 2.60 bits per heavy atom. The van der Waals surface area contributed by atoms with Crippen molar-refractivity contribution in [2.45, 2.75) is 19.8 Å². The molecule has 0 saturated carbocycles. The first kappa shape index (κ1) is 11.4. The molecule has 0 aliphatic heterocycles. The standard InChI is InChI=1S/C11H11F2NO/c1-2-3-6-15-11-8(7-14)9(12)4-5-10(11)13/h4-5H,2-3,6H2,1H3. The highest BCUT2D eigenvalue weighted by atomic mass is 19.1. The summed E-state index contributed by atoms with van der Waals surface area (Å²) in [7, 11) is 0. The van der Waals surface area contributed by atoms with Gasteiger partial charge in [-0.25, -0.2) is 8.78 Å². The maximum Gasteiger partial charge on any atom is 0.175 e. The largest absolute Gasteiger partial charge is 0.489 e. The Hall–Kier alpha value is -1.63.